The van der Waals surface area contributed by atoms with Gasteiger partial charge < -0.3 is 19.5 Å². The van der Waals surface area contributed by atoms with E-state index in [0.29, 0.717) is 30.8 Å². The maximum atomic E-state index is 11.9. The second-order valence-electron chi connectivity index (χ2n) is 8.09. The number of rotatable bonds is 10. The van der Waals surface area contributed by atoms with Crippen LogP contribution in [0.15, 0.2) is 36.4 Å². The van der Waals surface area contributed by atoms with Crippen molar-refractivity contribution >= 4 is 11.8 Å². The lowest BCUT2D eigenvalue weighted by Gasteiger charge is -2.24. The largest absolute Gasteiger partial charge is 0.493 e. The molecule has 1 fully saturated rings. The zero-order valence-corrected chi connectivity index (χ0v) is 18.5. The number of carbonyl (C=O) groups is 2. The molecule has 0 bridgehead atoms. The Bertz CT molecular complexity index is 959. The van der Waals surface area contributed by atoms with Crippen molar-refractivity contribution in [3.8, 4) is 17.2 Å². The van der Waals surface area contributed by atoms with Crippen LogP contribution in [0.1, 0.15) is 36.0 Å². The number of hydrogen-bond donors (Lipinski definition) is 1. The normalized spacial score (nSPS) is 15.5. The average Bonchev–Trinajstić information content (AvgIpc) is 3.27. The van der Waals surface area contributed by atoms with Crippen molar-refractivity contribution in [2.45, 2.75) is 38.6 Å². The number of nitrogens with zero attached hydrogens (tertiary/aromatic N) is 1. The summed E-state index contributed by atoms with van der Waals surface area (Å²) in [5.74, 6) is 2.02. The van der Waals surface area contributed by atoms with Crippen molar-refractivity contribution in [3.05, 3.63) is 53.1 Å². The molecule has 1 N–H and O–H groups in total. The summed E-state index contributed by atoms with van der Waals surface area (Å²) in [5, 5.41) is 3.48. The van der Waals surface area contributed by atoms with Gasteiger partial charge in [0.15, 0.2) is 11.5 Å². The Hall–Kier alpha value is -3.06. The van der Waals surface area contributed by atoms with Gasteiger partial charge in [0.05, 0.1) is 20.3 Å². The molecule has 0 aromatic heterocycles. The molecule has 1 saturated heterocycles. The van der Waals surface area contributed by atoms with Crippen LogP contribution in [0.4, 0.5) is 0 Å². The molecule has 2 aliphatic rings. The number of likely N-dealkylation sites (tertiary alicyclic amines) is 1. The van der Waals surface area contributed by atoms with Gasteiger partial charge in [-0.1, -0.05) is 18.2 Å². The van der Waals surface area contributed by atoms with E-state index in [2.05, 4.69) is 23.5 Å². The third-order valence-electron chi connectivity index (χ3n) is 5.86. The van der Waals surface area contributed by atoms with Crippen LogP contribution < -0.4 is 19.5 Å². The Morgan fingerprint density at radius 2 is 1.81 bits per heavy atom. The Kier molecular flexibility index (Phi) is 7.27. The van der Waals surface area contributed by atoms with Crippen LogP contribution in [0, 0.1) is 0 Å². The van der Waals surface area contributed by atoms with E-state index in [1.54, 1.807) is 7.11 Å². The molecule has 4 rings (SSSR count). The number of methoxy groups -OCH3 is 1. The highest BCUT2D eigenvalue weighted by molar-refractivity contribution is 5.97. The monoisotopic (exact) mass is 438 g/mol. The number of ether oxygens (including phenoxy) is 3. The molecule has 0 unspecified atom stereocenters. The molecule has 0 radical (unpaired) electrons. The van der Waals surface area contributed by atoms with Gasteiger partial charge in [-0.15, -0.1) is 0 Å². The molecule has 2 aliphatic heterocycles. The van der Waals surface area contributed by atoms with Gasteiger partial charge in [0.25, 0.3) is 0 Å². The fourth-order valence-corrected chi connectivity index (χ4v) is 4.10. The first-order valence-corrected chi connectivity index (χ1v) is 11.2. The molecule has 0 atom stereocenters. The molecule has 7 heteroatoms. The Morgan fingerprint density at radius 1 is 1.00 bits per heavy atom. The summed E-state index contributed by atoms with van der Waals surface area (Å²) in [4.78, 5) is 25.1. The summed E-state index contributed by atoms with van der Waals surface area (Å²) in [7, 11) is 1.61. The van der Waals surface area contributed by atoms with Crippen molar-refractivity contribution in [2.24, 2.45) is 0 Å². The fraction of sp³-hybridized carbons (Fsp3) is 0.440. The molecule has 0 spiro atoms. The molecule has 170 valence electrons. The minimum absolute atomic E-state index is 0.119. The second-order valence-corrected chi connectivity index (χ2v) is 8.09. The first-order chi connectivity index (χ1) is 15.6. The van der Waals surface area contributed by atoms with Gasteiger partial charge in [-0.25, -0.2) is 0 Å². The lowest BCUT2D eigenvalue weighted by atomic mass is 10.1. The summed E-state index contributed by atoms with van der Waals surface area (Å²) in [6.45, 7) is 2.89. The molecule has 2 heterocycles. The van der Waals surface area contributed by atoms with Crippen LogP contribution in [-0.4, -0.2) is 50.1 Å². The number of fused-ring (bicyclic) bond motifs is 1. The van der Waals surface area contributed by atoms with Gasteiger partial charge in [0.1, 0.15) is 12.4 Å². The molecule has 32 heavy (non-hydrogen) atoms. The van der Waals surface area contributed by atoms with Gasteiger partial charge in [0.2, 0.25) is 11.8 Å². The number of piperidine rings is 1. The Labute approximate surface area is 188 Å². The van der Waals surface area contributed by atoms with Crippen LogP contribution in [0.5, 0.6) is 17.2 Å². The van der Waals surface area contributed by atoms with Crippen LogP contribution >= 0.6 is 0 Å². The Morgan fingerprint density at radius 3 is 2.62 bits per heavy atom. The maximum absolute atomic E-state index is 11.9. The van der Waals surface area contributed by atoms with E-state index < -0.39 is 0 Å². The molecular weight excluding hydrogens is 408 g/mol. The average molecular weight is 439 g/mol. The van der Waals surface area contributed by atoms with E-state index in [1.807, 2.05) is 18.2 Å². The van der Waals surface area contributed by atoms with Crippen molar-refractivity contribution < 1.29 is 23.8 Å². The molecular formula is C25H30N2O5. The molecule has 0 saturated carbocycles. The summed E-state index contributed by atoms with van der Waals surface area (Å²) in [5.41, 5.74) is 3.71. The Balaban J connectivity index is 1.23. The smallest absolute Gasteiger partial charge is 0.229 e. The van der Waals surface area contributed by atoms with E-state index in [9.17, 15) is 9.59 Å². The van der Waals surface area contributed by atoms with Crippen LogP contribution in [0.3, 0.4) is 0 Å². The second kappa shape index (κ2) is 10.5. The van der Waals surface area contributed by atoms with E-state index in [-0.39, 0.29) is 25.0 Å². The predicted molar refractivity (Wildman–Crippen MR) is 120 cm³/mol. The van der Waals surface area contributed by atoms with Crippen LogP contribution in [-0.2, 0) is 29.0 Å². The molecule has 2 aromatic rings. The standard InChI is InChI=1S/C25H30N2O5/c1-30-23-16-19(17-26-11-9-18-5-7-21-20(15-18)10-13-31-21)6-8-22(23)32-14-12-27-24(28)3-2-4-25(27)29/h5-8,15-16,26H,2-4,9-14,17H2,1H3. The number of amides is 2. The van der Waals surface area contributed by atoms with Gasteiger partial charge in [-0.3, -0.25) is 14.5 Å². The van der Waals surface area contributed by atoms with Crippen LogP contribution in [0.2, 0.25) is 0 Å². The zero-order chi connectivity index (χ0) is 22.3. The minimum atomic E-state index is -0.119. The van der Waals surface area contributed by atoms with Crippen molar-refractivity contribution in [1.82, 2.24) is 10.2 Å². The predicted octanol–water partition coefficient (Wildman–Crippen LogP) is 2.88. The summed E-state index contributed by atoms with van der Waals surface area (Å²) in [6.07, 6.45) is 3.45. The summed E-state index contributed by atoms with van der Waals surface area (Å²) >= 11 is 0. The minimum Gasteiger partial charge on any atom is -0.493 e. The maximum Gasteiger partial charge on any atom is 0.229 e. The first-order valence-electron chi connectivity index (χ1n) is 11.2. The van der Waals surface area contributed by atoms with E-state index in [4.69, 9.17) is 14.2 Å². The van der Waals surface area contributed by atoms with Crippen molar-refractivity contribution in [3.63, 3.8) is 0 Å². The zero-order valence-electron chi connectivity index (χ0n) is 18.5. The lowest BCUT2D eigenvalue weighted by molar-refractivity contribution is -0.148. The van der Waals surface area contributed by atoms with Crippen molar-refractivity contribution in [1.29, 1.82) is 0 Å². The summed E-state index contributed by atoms with van der Waals surface area (Å²) in [6, 6.07) is 12.3. The number of nitrogens with one attached hydrogen (secondary N) is 1. The van der Waals surface area contributed by atoms with Gasteiger partial charge >= 0.3 is 0 Å². The molecule has 7 nitrogen and oxygen atoms in total. The van der Waals surface area contributed by atoms with Gasteiger partial charge in [-0.05, 0) is 54.3 Å². The quantitative estimate of drug-likeness (QED) is 0.454. The first kappa shape index (κ1) is 22.1. The number of benzene rings is 2. The third kappa shape index (κ3) is 5.40. The topological polar surface area (TPSA) is 77.1 Å². The number of hydrogen-bond acceptors (Lipinski definition) is 6. The van der Waals surface area contributed by atoms with Gasteiger partial charge in [0, 0.05) is 25.8 Å². The van der Waals surface area contributed by atoms with Crippen molar-refractivity contribution in [2.75, 3.05) is 33.4 Å². The van der Waals surface area contributed by atoms with Gasteiger partial charge in [-0.2, -0.15) is 0 Å². The number of carbonyl (C=O) groups excluding carboxylic acids is 2. The van der Waals surface area contributed by atoms with E-state index in [1.165, 1.54) is 16.0 Å². The van der Waals surface area contributed by atoms with E-state index in [0.717, 1.165) is 43.9 Å². The lowest BCUT2D eigenvalue weighted by Crippen LogP contribution is -2.42. The van der Waals surface area contributed by atoms with Crippen LogP contribution in [0.25, 0.3) is 0 Å². The summed E-state index contributed by atoms with van der Waals surface area (Å²) < 4.78 is 16.8. The molecule has 2 aromatic carbocycles. The number of imide groups is 1. The highest BCUT2D eigenvalue weighted by Gasteiger charge is 2.25. The SMILES string of the molecule is COc1cc(CNCCc2ccc3c(c2)CCO3)ccc1OCCN1C(=O)CCCC1=O. The molecule has 2 amide bonds. The van der Waals surface area contributed by atoms with E-state index >= 15 is 0 Å². The molecule has 0 aliphatic carbocycles. The third-order valence-corrected chi connectivity index (χ3v) is 5.86. The fourth-order valence-electron chi connectivity index (χ4n) is 4.10. The highest BCUT2D eigenvalue weighted by atomic mass is 16.5. The highest BCUT2D eigenvalue weighted by Crippen LogP contribution is 2.28.